The summed E-state index contributed by atoms with van der Waals surface area (Å²) in [5.41, 5.74) is 5.51. The molecule has 1 amide bonds. The van der Waals surface area contributed by atoms with Crippen molar-refractivity contribution in [1.29, 1.82) is 0 Å². The smallest absolute Gasteiger partial charge is 0.236 e. The summed E-state index contributed by atoms with van der Waals surface area (Å²) in [5.74, 6) is 0.148. The normalized spacial score (nSPS) is 10.5. The maximum atomic E-state index is 11.9. The van der Waals surface area contributed by atoms with E-state index < -0.39 is 0 Å². The van der Waals surface area contributed by atoms with Crippen molar-refractivity contribution in [2.24, 2.45) is 5.73 Å². The molecule has 0 radical (unpaired) electrons. The van der Waals surface area contributed by atoms with Crippen LogP contribution in [0.5, 0.6) is 0 Å². The minimum atomic E-state index is 0.148. The molecule has 0 aromatic carbocycles. The standard InChI is InChI=1S/C11H23N3OS/c1-4-7-13(8-10(12)16)9-11(15)14(5-2)6-3/h4-9H2,1-3H3,(H2,12,16). The maximum absolute atomic E-state index is 11.9. The predicted octanol–water partition coefficient (Wildman–Crippen LogP) is 0.853. The molecular formula is C11H23N3OS. The Labute approximate surface area is 104 Å². The third-order valence-electron chi connectivity index (χ3n) is 2.39. The fraction of sp³-hybridized carbons (Fsp3) is 0.818. The number of nitrogens with two attached hydrogens (primary N) is 1. The van der Waals surface area contributed by atoms with Gasteiger partial charge in [0.1, 0.15) is 0 Å². The average molecular weight is 245 g/mol. The second kappa shape index (κ2) is 8.47. The molecular weight excluding hydrogens is 222 g/mol. The summed E-state index contributed by atoms with van der Waals surface area (Å²) in [6, 6.07) is 0. The number of hydrogen-bond donors (Lipinski definition) is 1. The van der Waals surface area contributed by atoms with E-state index in [9.17, 15) is 4.79 Å². The quantitative estimate of drug-likeness (QED) is 0.644. The molecule has 0 spiro atoms. The number of carbonyl (C=O) groups excluding carboxylic acids is 1. The molecule has 0 unspecified atom stereocenters. The lowest BCUT2D eigenvalue weighted by Crippen LogP contribution is -2.43. The Morgan fingerprint density at radius 3 is 2.12 bits per heavy atom. The molecule has 5 heteroatoms. The van der Waals surface area contributed by atoms with Gasteiger partial charge < -0.3 is 10.6 Å². The van der Waals surface area contributed by atoms with Crippen molar-refractivity contribution in [3.63, 3.8) is 0 Å². The van der Waals surface area contributed by atoms with Crippen LogP contribution >= 0.6 is 12.2 Å². The van der Waals surface area contributed by atoms with Gasteiger partial charge in [0.2, 0.25) is 5.91 Å². The van der Waals surface area contributed by atoms with E-state index in [4.69, 9.17) is 18.0 Å². The molecule has 0 bridgehead atoms. The molecule has 0 heterocycles. The number of nitrogens with zero attached hydrogens (tertiary/aromatic N) is 2. The molecule has 0 rings (SSSR count). The summed E-state index contributed by atoms with van der Waals surface area (Å²) in [5, 5.41) is 0. The monoisotopic (exact) mass is 245 g/mol. The van der Waals surface area contributed by atoms with Gasteiger partial charge in [-0.15, -0.1) is 0 Å². The van der Waals surface area contributed by atoms with E-state index in [0.717, 1.165) is 26.1 Å². The van der Waals surface area contributed by atoms with Gasteiger partial charge in [0, 0.05) is 19.6 Å². The van der Waals surface area contributed by atoms with Crippen LogP contribution in [0.4, 0.5) is 0 Å². The Hall–Kier alpha value is -0.680. The van der Waals surface area contributed by atoms with Gasteiger partial charge in [-0.3, -0.25) is 9.69 Å². The van der Waals surface area contributed by atoms with E-state index in [2.05, 4.69) is 6.92 Å². The summed E-state index contributed by atoms with van der Waals surface area (Å²) in [7, 11) is 0. The molecule has 4 nitrogen and oxygen atoms in total. The molecule has 0 aliphatic rings. The van der Waals surface area contributed by atoms with Gasteiger partial charge in [0.05, 0.1) is 11.5 Å². The first kappa shape index (κ1) is 15.3. The van der Waals surface area contributed by atoms with Crippen molar-refractivity contribution in [1.82, 2.24) is 9.80 Å². The lowest BCUT2D eigenvalue weighted by Gasteiger charge is -2.25. The van der Waals surface area contributed by atoms with Crippen LogP contribution in [0, 0.1) is 0 Å². The van der Waals surface area contributed by atoms with Crippen LogP contribution in [-0.2, 0) is 4.79 Å². The van der Waals surface area contributed by atoms with Gasteiger partial charge in [-0.1, -0.05) is 19.1 Å². The first-order valence-electron chi connectivity index (χ1n) is 5.83. The van der Waals surface area contributed by atoms with Crippen molar-refractivity contribution in [2.75, 3.05) is 32.7 Å². The number of amides is 1. The number of hydrogen-bond acceptors (Lipinski definition) is 3. The Morgan fingerprint density at radius 1 is 1.19 bits per heavy atom. The van der Waals surface area contributed by atoms with Crippen molar-refractivity contribution in [3.05, 3.63) is 0 Å². The van der Waals surface area contributed by atoms with Crippen LogP contribution in [-0.4, -0.2) is 53.4 Å². The van der Waals surface area contributed by atoms with Crippen LogP contribution in [0.1, 0.15) is 27.2 Å². The van der Waals surface area contributed by atoms with Crippen molar-refractivity contribution in [3.8, 4) is 0 Å². The molecule has 0 saturated heterocycles. The van der Waals surface area contributed by atoms with Crippen molar-refractivity contribution >= 4 is 23.1 Å². The van der Waals surface area contributed by atoms with Crippen molar-refractivity contribution < 1.29 is 4.79 Å². The molecule has 0 aromatic heterocycles. The van der Waals surface area contributed by atoms with E-state index in [-0.39, 0.29) is 5.91 Å². The molecule has 0 fully saturated rings. The van der Waals surface area contributed by atoms with Crippen LogP contribution < -0.4 is 5.73 Å². The zero-order valence-corrected chi connectivity index (χ0v) is 11.3. The SMILES string of the molecule is CCCN(CC(=O)N(CC)CC)CC(N)=S. The molecule has 0 atom stereocenters. The maximum Gasteiger partial charge on any atom is 0.236 e. The van der Waals surface area contributed by atoms with E-state index in [1.54, 1.807) is 0 Å². The first-order valence-corrected chi connectivity index (χ1v) is 6.24. The summed E-state index contributed by atoms with van der Waals surface area (Å²) in [4.78, 5) is 16.1. The van der Waals surface area contributed by atoms with Crippen LogP contribution in [0.3, 0.4) is 0 Å². The fourth-order valence-corrected chi connectivity index (χ4v) is 1.80. The van der Waals surface area contributed by atoms with Crippen LogP contribution in [0.2, 0.25) is 0 Å². The number of rotatable bonds is 8. The van der Waals surface area contributed by atoms with Crippen molar-refractivity contribution in [2.45, 2.75) is 27.2 Å². The predicted molar refractivity (Wildman–Crippen MR) is 71.4 cm³/mol. The highest BCUT2D eigenvalue weighted by Crippen LogP contribution is 1.96. The summed E-state index contributed by atoms with van der Waals surface area (Å²) < 4.78 is 0. The molecule has 0 aliphatic carbocycles. The minimum absolute atomic E-state index is 0.148. The highest BCUT2D eigenvalue weighted by Gasteiger charge is 2.14. The first-order chi connectivity index (χ1) is 7.54. The zero-order valence-electron chi connectivity index (χ0n) is 10.5. The second-order valence-electron chi connectivity index (χ2n) is 3.74. The van der Waals surface area contributed by atoms with E-state index in [0.29, 0.717) is 18.1 Å². The zero-order chi connectivity index (χ0) is 12.6. The van der Waals surface area contributed by atoms with Crippen LogP contribution in [0.25, 0.3) is 0 Å². The largest absolute Gasteiger partial charge is 0.392 e. The lowest BCUT2D eigenvalue weighted by molar-refractivity contribution is -0.131. The average Bonchev–Trinajstić information content (AvgIpc) is 2.18. The summed E-state index contributed by atoms with van der Waals surface area (Å²) >= 11 is 4.87. The molecule has 0 aromatic rings. The second-order valence-corrected chi connectivity index (χ2v) is 4.27. The Kier molecular flexibility index (Phi) is 8.11. The molecule has 0 saturated carbocycles. The Bertz CT molecular complexity index is 229. The molecule has 16 heavy (non-hydrogen) atoms. The van der Waals surface area contributed by atoms with E-state index in [1.807, 2.05) is 23.6 Å². The molecule has 94 valence electrons. The van der Waals surface area contributed by atoms with Gasteiger partial charge in [0.15, 0.2) is 0 Å². The number of likely N-dealkylation sites (N-methyl/N-ethyl adjacent to an activating group) is 1. The van der Waals surface area contributed by atoms with Gasteiger partial charge in [-0.25, -0.2) is 0 Å². The van der Waals surface area contributed by atoms with Gasteiger partial charge >= 0.3 is 0 Å². The third kappa shape index (κ3) is 6.02. The highest BCUT2D eigenvalue weighted by atomic mass is 32.1. The van der Waals surface area contributed by atoms with Crippen LogP contribution in [0.15, 0.2) is 0 Å². The van der Waals surface area contributed by atoms with Gasteiger partial charge in [0.25, 0.3) is 0 Å². The van der Waals surface area contributed by atoms with E-state index >= 15 is 0 Å². The summed E-state index contributed by atoms with van der Waals surface area (Å²) in [6.07, 6.45) is 0.994. The fourth-order valence-electron chi connectivity index (χ4n) is 1.62. The topological polar surface area (TPSA) is 49.6 Å². The Morgan fingerprint density at radius 2 is 1.75 bits per heavy atom. The van der Waals surface area contributed by atoms with E-state index in [1.165, 1.54) is 0 Å². The van der Waals surface area contributed by atoms with Gasteiger partial charge in [-0.05, 0) is 26.8 Å². The molecule has 0 aliphatic heterocycles. The third-order valence-corrected chi connectivity index (χ3v) is 2.52. The number of carbonyl (C=O) groups is 1. The summed E-state index contributed by atoms with van der Waals surface area (Å²) in [6.45, 7) is 9.34. The highest BCUT2D eigenvalue weighted by molar-refractivity contribution is 7.80. The van der Waals surface area contributed by atoms with Gasteiger partial charge in [-0.2, -0.15) is 0 Å². The lowest BCUT2D eigenvalue weighted by atomic mass is 10.3. The Balaban J connectivity index is 4.26. The molecule has 2 N–H and O–H groups in total. The number of thiocarbonyl (C=S) groups is 1. The minimum Gasteiger partial charge on any atom is -0.392 e.